The molecule has 0 N–H and O–H groups in total. The van der Waals surface area contributed by atoms with Gasteiger partial charge >= 0.3 is 0 Å². The van der Waals surface area contributed by atoms with E-state index in [0.717, 1.165) is 12.1 Å². The minimum absolute atomic E-state index is 0.145. The van der Waals surface area contributed by atoms with Crippen molar-refractivity contribution in [1.29, 1.82) is 0 Å². The van der Waals surface area contributed by atoms with E-state index in [1.54, 1.807) is 0 Å². The first-order valence-electron chi connectivity index (χ1n) is 8.20. The van der Waals surface area contributed by atoms with Crippen LogP contribution in [0.4, 0.5) is 26.3 Å². The van der Waals surface area contributed by atoms with Crippen molar-refractivity contribution in [2.75, 3.05) is 0 Å². The lowest BCUT2D eigenvalue weighted by Crippen LogP contribution is -2.06. The molecule has 142 valence electrons. The van der Waals surface area contributed by atoms with Crippen molar-refractivity contribution in [2.24, 2.45) is 0 Å². The van der Waals surface area contributed by atoms with E-state index in [2.05, 4.69) is 18.4 Å². The van der Waals surface area contributed by atoms with Gasteiger partial charge in [-0.05, 0) is 47.9 Å². The lowest BCUT2D eigenvalue weighted by atomic mass is 10.0. The molecule has 28 heavy (non-hydrogen) atoms. The zero-order valence-corrected chi connectivity index (χ0v) is 14.4. The molecule has 0 spiro atoms. The summed E-state index contributed by atoms with van der Waals surface area (Å²) < 4.78 is 83.1. The summed E-state index contributed by atoms with van der Waals surface area (Å²) in [6.07, 6.45) is 1.28. The summed E-state index contributed by atoms with van der Waals surface area (Å²) in [5.41, 5.74) is -1.54. The van der Waals surface area contributed by atoms with Crippen LogP contribution in [0.15, 0.2) is 43.0 Å². The van der Waals surface area contributed by atoms with Crippen LogP contribution in [0, 0.1) is 46.7 Å². The van der Waals surface area contributed by atoms with Gasteiger partial charge in [-0.3, -0.25) is 0 Å². The molecule has 0 radical (unpaired) electrons. The number of hydrogen-bond donors (Lipinski definition) is 0. The molecule has 0 unspecified atom stereocenters. The Bertz CT molecular complexity index is 1120. The van der Waals surface area contributed by atoms with Crippen LogP contribution < -0.4 is 0 Å². The molecule has 0 aromatic heterocycles. The van der Waals surface area contributed by atoms with Gasteiger partial charge in [0.25, 0.3) is 0 Å². The Hall–Kier alpha value is -3.20. The van der Waals surface area contributed by atoms with Crippen LogP contribution in [0.5, 0.6) is 0 Å². The Kier molecular flexibility index (Phi) is 5.46. The van der Waals surface area contributed by atoms with Crippen molar-refractivity contribution in [1.82, 2.24) is 0 Å². The maximum absolute atomic E-state index is 14.2. The number of hydrogen-bond acceptors (Lipinski definition) is 0. The maximum Gasteiger partial charge on any atom is 0.177 e. The molecular formula is C22H12F6. The molecular weight excluding hydrogens is 378 g/mol. The molecule has 3 aromatic rings. The van der Waals surface area contributed by atoms with Gasteiger partial charge in [-0.25, -0.2) is 26.3 Å². The second-order valence-electron chi connectivity index (χ2n) is 6.02. The Balaban J connectivity index is 2.05. The van der Waals surface area contributed by atoms with Gasteiger partial charge in [0.15, 0.2) is 34.9 Å². The summed E-state index contributed by atoms with van der Waals surface area (Å²) >= 11 is 0. The molecule has 6 heteroatoms. The molecule has 0 amide bonds. The van der Waals surface area contributed by atoms with Gasteiger partial charge in [-0.2, -0.15) is 0 Å². The smallest absolute Gasteiger partial charge is 0.177 e. The Morgan fingerprint density at radius 3 is 1.96 bits per heavy atom. The first-order chi connectivity index (χ1) is 13.3. The highest BCUT2D eigenvalue weighted by Crippen LogP contribution is 2.25. The number of allylic oxidation sites excluding steroid dienone is 1. The van der Waals surface area contributed by atoms with Crippen LogP contribution in [0.3, 0.4) is 0 Å². The van der Waals surface area contributed by atoms with E-state index in [4.69, 9.17) is 0 Å². The molecule has 0 aliphatic rings. The van der Waals surface area contributed by atoms with Crippen LogP contribution in [0.2, 0.25) is 0 Å². The topological polar surface area (TPSA) is 0 Å². The van der Waals surface area contributed by atoms with Gasteiger partial charge in [0, 0.05) is 11.1 Å². The van der Waals surface area contributed by atoms with Crippen molar-refractivity contribution >= 4 is 10.8 Å². The highest BCUT2D eigenvalue weighted by molar-refractivity contribution is 5.84. The highest BCUT2D eigenvalue weighted by Gasteiger charge is 2.23. The monoisotopic (exact) mass is 390 g/mol. The average Bonchev–Trinajstić information content (AvgIpc) is 2.67. The lowest BCUT2D eigenvalue weighted by Gasteiger charge is -2.08. The van der Waals surface area contributed by atoms with E-state index in [1.807, 2.05) is 0 Å². The van der Waals surface area contributed by atoms with E-state index >= 15 is 0 Å². The van der Waals surface area contributed by atoms with Gasteiger partial charge in [0.2, 0.25) is 0 Å². The molecule has 0 fully saturated rings. The number of benzene rings is 3. The number of fused-ring (bicyclic) bond motifs is 1. The average molecular weight is 390 g/mol. The summed E-state index contributed by atoms with van der Waals surface area (Å²) in [4.78, 5) is 0. The zero-order chi connectivity index (χ0) is 20.4. The fourth-order valence-electron chi connectivity index (χ4n) is 2.71. The van der Waals surface area contributed by atoms with Crippen molar-refractivity contribution in [3.63, 3.8) is 0 Å². The minimum Gasteiger partial charge on any atom is -0.204 e. The van der Waals surface area contributed by atoms with E-state index in [0.29, 0.717) is 10.8 Å². The molecule has 0 saturated heterocycles. The highest BCUT2D eigenvalue weighted by atomic mass is 19.2. The Labute approximate surface area is 157 Å². The summed E-state index contributed by atoms with van der Waals surface area (Å²) in [7, 11) is 0. The normalized spacial score (nSPS) is 10.6. The van der Waals surface area contributed by atoms with Gasteiger partial charge in [0.1, 0.15) is 5.56 Å². The molecule has 0 bridgehead atoms. The van der Waals surface area contributed by atoms with Gasteiger partial charge in [0.05, 0.1) is 0 Å². The molecule has 0 saturated carbocycles. The molecule has 0 atom stereocenters. The molecule has 0 heterocycles. The predicted octanol–water partition coefficient (Wildman–Crippen LogP) is 6.19. The van der Waals surface area contributed by atoms with Crippen LogP contribution >= 0.6 is 0 Å². The van der Waals surface area contributed by atoms with Crippen molar-refractivity contribution in [2.45, 2.75) is 12.8 Å². The first-order valence-corrected chi connectivity index (χ1v) is 8.20. The summed E-state index contributed by atoms with van der Waals surface area (Å²) in [6, 6.07) is 6.16. The van der Waals surface area contributed by atoms with Crippen LogP contribution in [-0.4, -0.2) is 0 Å². The summed E-state index contributed by atoms with van der Waals surface area (Å²) in [5.74, 6) is -3.77. The quantitative estimate of drug-likeness (QED) is 0.216. The third kappa shape index (κ3) is 3.61. The second-order valence-corrected chi connectivity index (χ2v) is 6.02. The Morgan fingerprint density at radius 2 is 1.36 bits per heavy atom. The lowest BCUT2D eigenvalue weighted by molar-refractivity contribution is 0.436. The SMILES string of the molecule is C=CCCc1c(F)c(F)c(C#Cc2ccc3cc(F)c(F)cc3c2)c(F)c1F. The molecule has 0 aliphatic carbocycles. The van der Waals surface area contributed by atoms with Crippen molar-refractivity contribution in [3.8, 4) is 11.8 Å². The molecule has 3 rings (SSSR count). The fraction of sp³-hybridized carbons (Fsp3) is 0.0909. The van der Waals surface area contributed by atoms with Gasteiger partial charge in [-0.1, -0.05) is 24.0 Å². The molecule has 0 nitrogen and oxygen atoms in total. The van der Waals surface area contributed by atoms with E-state index in [1.165, 1.54) is 24.3 Å². The van der Waals surface area contributed by atoms with Crippen molar-refractivity contribution in [3.05, 3.63) is 94.6 Å². The fourth-order valence-corrected chi connectivity index (χ4v) is 2.71. The van der Waals surface area contributed by atoms with E-state index < -0.39 is 46.0 Å². The van der Waals surface area contributed by atoms with Crippen LogP contribution in [0.1, 0.15) is 23.1 Å². The molecule has 0 aliphatic heterocycles. The maximum atomic E-state index is 14.2. The third-order valence-corrected chi connectivity index (χ3v) is 4.16. The standard InChI is InChI=1S/C22H12F6/c1-2-3-4-15-19(25)21(27)16(22(28)20(15)26)8-6-12-5-7-13-10-17(23)18(24)11-14(13)9-12/h2,5,7,9-11H,1,3-4H2. The van der Waals surface area contributed by atoms with Crippen molar-refractivity contribution < 1.29 is 26.3 Å². The number of halogens is 6. The van der Waals surface area contributed by atoms with E-state index in [9.17, 15) is 26.3 Å². The number of rotatable bonds is 3. The first kappa shape index (κ1) is 19.6. The van der Waals surface area contributed by atoms with E-state index in [-0.39, 0.29) is 18.4 Å². The zero-order valence-electron chi connectivity index (χ0n) is 14.4. The van der Waals surface area contributed by atoms with Gasteiger partial charge < -0.3 is 0 Å². The summed E-state index contributed by atoms with van der Waals surface area (Å²) in [6.45, 7) is 3.39. The van der Waals surface area contributed by atoms with Gasteiger partial charge in [-0.15, -0.1) is 6.58 Å². The van der Waals surface area contributed by atoms with Crippen LogP contribution in [-0.2, 0) is 6.42 Å². The molecule has 3 aromatic carbocycles. The van der Waals surface area contributed by atoms with Crippen LogP contribution in [0.25, 0.3) is 10.8 Å². The predicted molar refractivity (Wildman–Crippen MR) is 94.6 cm³/mol. The summed E-state index contributed by atoms with van der Waals surface area (Å²) in [5, 5.41) is 0.703. The largest absolute Gasteiger partial charge is 0.204 e. The third-order valence-electron chi connectivity index (χ3n) is 4.16. The minimum atomic E-state index is -1.58. The Morgan fingerprint density at radius 1 is 0.750 bits per heavy atom. The second kappa shape index (κ2) is 7.81.